The summed E-state index contributed by atoms with van der Waals surface area (Å²) in [7, 11) is 0. The van der Waals surface area contributed by atoms with Crippen LogP contribution in [0.2, 0.25) is 15.1 Å². The number of thioether (sulfide) groups is 1. The van der Waals surface area contributed by atoms with E-state index in [-0.39, 0.29) is 17.3 Å². The Balaban J connectivity index is 1.40. The molecule has 3 aromatic carbocycles. The molecule has 2 aliphatic rings. The van der Waals surface area contributed by atoms with E-state index < -0.39 is 45.5 Å². The second-order valence-electron chi connectivity index (χ2n) is 9.38. The van der Waals surface area contributed by atoms with Gasteiger partial charge in [0.2, 0.25) is 17.7 Å². The van der Waals surface area contributed by atoms with Gasteiger partial charge in [-0.2, -0.15) is 0 Å². The quantitative estimate of drug-likeness (QED) is 0.252. The van der Waals surface area contributed by atoms with E-state index in [9.17, 15) is 23.6 Å². The number of nitrogens with one attached hydrogen (secondary N) is 1. The van der Waals surface area contributed by atoms with Gasteiger partial charge in [0, 0.05) is 21.5 Å². The minimum absolute atomic E-state index is 0.257. The van der Waals surface area contributed by atoms with Crippen molar-refractivity contribution in [1.29, 1.82) is 0 Å². The molecule has 1 aromatic heterocycles. The molecule has 3 unspecified atom stereocenters. The topological polar surface area (TPSA) is 88.5 Å². The van der Waals surface area contributed by atoms with Gasteiger partial charge in [-0.1, -0.05) is 70.0 Å². The number of amides is 3. The van der Waals surface area contributed by atoms with Crippen molar-refractivity contribution in [3.8, 4) is 0 Å². The van der Waals surface area contributed by atoms with Gasteiger partial charge in [0.1, 0.15) is 17.6 Å². The lowest BCUT2D eigenvalue weighted by molar-refractivity contribution is -0.122. The van der Waals surface area contributed by atoms with E-state index in [0.29, 0.717) is 31.2 Å². The van der Waals surface area contributed by atoms with Crippen LogP contribution in [-0.4, -0.2) is 27.5 Å². The van der Waals surface area contributed by atoms with Gasteiger partial charge in [0.05, 0.1) is 26.7 Å². The Morgan fingerprint density at radius 2 is 1.61 bits per heavy atom. The summed E-state index contributed by atoms with van der Waals surface area (Å²) >= 11 is 20.2. The van der Waals surface area contributed by atoms with Gasteiger partial charge in [-0.3, -0.25) is 23.7 Å². The Morgan fingerprint density at radius 1 is 0.902 bits per heavy atom. The summed E-state index contributed by atoms with van der Waals surface area (Å²) < 4.78 is 14.9. The molecule has 3 atom stereocenters. The summed E-state index contributed by atoms with van der Waals surface area (Å²) in [5.41, 5.74) is 1.36. The van der Waals surface area contributed by atoms with Crippen LogP contribution in [0.4, 0.5) is 15.8 Å². The van der Waals surface area contributed by atoms with Crippen molar-refractivity contribution < 1.29 is 18.8 Å². The molecule has 1 fully saturated rings. The Labute approximate surface area is 255 Å². The van der Waals surface area contributed by atoms with Crippen LogP contribution >= 0.6 is 57.9 Å². The average Bonchev–Trinajstić information content (AvgIpc) is 3.38. The first-order valence-corrected chi connectivity index (χ1v) is 15.0. The molecule has 4 aromatic rings. The minimum atomic E-state index is -0.876. The summed E-state index contributed by atoms with van der Waals surface area (Å²) in [6.07, 6.45) is 0. The van der Waals surface area contributed by atoms with Crippen molar-refractivity contribution in [3.05, 3.63) is 108 Å². The highest BCUT2D eigenvalue weighted by Crippen LogP contribution is 2.54. The van der Waals surface area contributed by atoms with E-state index in [1.54, 1.807) is 36.4 Å². The molecule has 0 aliphatic carbocycles. The Kier molecular flexibility index (Phi) is 7.46. The normalized spacial score (nSPS) is 19.7. The molecule has 7 nitrogen and oxygen atoms in total. The number of hydrogen-bond acceptors (Lipinski definition) is 6. The largest absolute Gasteiger partial charge is 0.324 e. The van der Waals surface area contributed by atoms with Gasteiger partial charge < -0.3 is 5.32 Å². The number of anilines is 2. The molecule has 0 radical (unpaired) electrons. The number of aromatic nitrogens is 1. The number of hydrogen-bond donors (Lipinski definition) is 1. The van der Waals surface area contributed by atoms with Crippen LogP contribution in [0.15, 0.2) is 76.6 Å². The third-order valence-electron chi connectivity index (χ3n) is 6.87. The van der Waals surface area contributed by atoms with Crippen molar-refractivity contribution in [2.45, 2.75) is 22.7 Å². The summed E-state index contributed by atoms with van der Waals surface area (Å²) in [6, 6.07) is 16.6. The van der Waals surface area contributed by atoms with Crippen LogP contribution in [0.1, 0.15) is 16.4 Å². The summed E-state index contributed by atoms with van der Waals surface area (Å²) in [6.45, 7) is -0.327. The van der Waals surface area contributed by atoms with Crippen LogP contribution in [0.25, 0.3) is 0 Å². The highest BCUT2D eigenvalue weighted by atomic mass is 35.5. The van der Waals surface area contributed by atoms with Crippen LogP contribution in [0, 0.1) is 11.7 Å². The lowest BCUT2D eigenvalue weighted by Crippen LogP contribution is -2.33. The summed E-state index contributed by atoms with van der Waals surface area (Å²) in [5, 5.41) is 3.35. The highest BCUT2D eigenvalue weighted by Gasteiger charge is 2.56. The van der Waals surface area contributed by atoms with Gasteiger partial charge in [0.15, 0.2) is 0 Å². The maximum atomic E-state index is 13.8. The molecule has 208 valence electrons. The van der Waals surface area contributed by atoms with Crippen molar-refractivity contribution >= 4 is 87.0 Å². The highest BCUT2D eigenvalue weighted by molar-refractivity contribution is 8.00. The van der Waals surface area contributed by atoms with Crippen molar-refractivity contribution in [2.24, 2.45) is 5.92 Å². The van der Waals surface area contributed by atoms with Crippen LogP contribution < -0.4 is 15.1 Å². The first-order valence-electron chi connectivity index (χ1n) is 12.2. The molecule has 1 N–H and O–H groups in total. The van der Waals surface area contributed by atoms with E-state index in [0.717, 1.165) is 28.0 Å². The molecule has 2 aliphatic heterocycles. The van der Waals surface area contributed by atoms with Crippen LogP contribution in [0.3, 0.4) is 0 Å². The number of benzene rings is 3. The third kappa shape index (κ3) is 5.08. The first-order chi connectivity index (χ1) is 19.6. The average molecular weight is 649 g/mol. The number of carbonyl (C=O) groups is 3. The number of thiazole rings is 1. The predicted molar refractivity (Wildman–Crippen MR) is 159 cm³/mol. The van der Waals surface area contributed by atoms with Gasteiger partial charge in [0.25, 0.3) is 0 Å². The van der Waals surface area contributed by atoms with Crippen molar-refractivity contribution in [1.82, 2.24) is 4.57 Å². The standard InChI is InChI=1S/C28H17Cl3FN3O4S2/c29-14-3-1-13(2-4-14)21-22-23(26(38)35(25(22)37)17-8-5-15(32)6-9-17)40-27-24(21)41-28(39)34(27)12-20(36)33-16-7-10-18(30)19(31)11-16/h1-11,21-23H,12H2,(H,33,36). The smallest absolute Gasteiger partial charge is 0.308 e. The molecule has 0 saturated carbocycles. The first kappa shape index (κ1) is 28.0. The molecule has 13 heteroatoms. The van der Waals surface area contributed by atoms with E-state index in [1.165, 1.54) is 34.9 Å². The molecule has 41 heavy (non-hydrogen) atoms. The minimum Gasteiger partial charge on any atom is -0.324 e. The van der Waals surface area contributed by atoms with Crippen LogP contribution in [-0.2, 0) is 20.9 Å². The number of imide groups is 1. The summed E-state index contributed by atoms with van der Waals surface area (Å²) in [4.78, 5) is 55.0. The van der Waals surface area contributed by atoms with Gasteiger partial charge in [-0.25, -0.2) is 9.29 Å². The Bertz CT molecular complexity index is 1780. The fourth-order valence-electron chi connectivity index (χ4n) is 5.05. The van der Waals surface area contributed by atoms with E-state index in [4.69, 9.17) is 34.8 Å². The van der Waals surface area contributed by atoms with Crippen molar-refractivity contribution in [3.63, 3.8) is 0 Å². The third-order valence-corrected chi connectivity index (χ3v) is 10.5. The second-order valence-corrected chi connectivity index (χ2v) is 12.8. The monoisotopic (exact) mass is 647 g/mol. The predicted octanol–water partition coefficient (Wildman–Crippen LogP) is 6.44. The molecular formula is C28H17Cl3FN3O4S2. The maximum absolute atomic E-state index is 13.8. The molecule has 6 rings (SSSR count). The fraction of sp³-hybridized carbons (Fsp3) is 0.143. The number of fused-ring (bicyclic) bond motifs is 2. The van der Waals surface area contributed by atoms with Crippen molar-refractivity contribution in [2.75, 3.05) is 10.2 Å². The number of carbonyl (C=O) groups excluding carboxylic acids is 3. The number of rotatable bonds is 5. The zero-order chi connectivity index (χ0) is 29.0. The lowest BCUT2D eigenvalue weighted by atomic mass is 9.83. The van der Waals surface area contributed by atoms with Crippen LogP contribution in [0.5, 0.6) is 0 Å². The van der Waals surface area contributed by atoms with E-state index >= 15 is 0 Å². The molecule has 3 amide bonds. The molecule has 0 bridgehead atoms. The zero-order valence-electron chi connectivity index (χ0n) is 20.6. The lowest BCUT2D eigenvalue weighted by Gasteiger charge is -2.30. The Morgan fingerprint density at radius 3 is 2.29 bits per heavy atom. The molecule has 0 spiro atoms. The zero-order valence-corrected chi connectivity index (χ0v) is 24.5. The molecule has 3 heterocycles. The van der Waals surface area contributed by atoms with Gasteiger partial charge in [-0.05, 0) is 60.2 Å². The maximum Gasteiger partial charge on any atom is 0.308 e. The summed E-state index contributed by atoms with van der Waals surface area (Å²) in [5.74, 6) is -3.39. The molecular weight excluding hydrogens is 632 g/mol. The second kappa shape index (κ2) is 10.9. The van der Waals surface area contributed by atoms with E-state index in [2.05, 4.69) is 5.32 Å². The van der Waals surface area contributed by atoms with E-state index in [1.807, 2.05) is 0 Å². The fourth-order valence-corrected chi connectivity index (χ4v) is 8.24. The number of halogens is 4. The van der Waals surface area contributed by atoms with Gasteiger partial charge in [-0.15, -0.1) is 0 Å². The van der Waals surface area contributed by atoms with Gasteiger partial charge >= 0.3 is 4.87 Å². The molecule has 1 saturated heterocycles. The SMILES string of the molecule is O=C(Cn1c2c(sc1=O)C(c1ccc(Cl)cc1)C1C(=O)N(c3ccc(F)cc3)C(=O)C1S2)Nc1ccc(Cl)c(Cl)c1. The number of nitrogens with zero attached hydrogens (tertiary/aromatic N) is 2. The Hall–Kier alpha value is -3.15.